The molecule has 1 aliphatic carbocycles. The predicted molar refractivity (Wildman–Crippen MR) is 112 cm³/mol. The van der Waals surface area contributed by atoms with Crippen molar-refractivity contribution in [3.05, 3.63) is 30.3 Å². The maximum Gasteiger partial charge on any atom is 0.193 e. The number of carbonyl (C=O) groups excluding carboxylic acids is 1. The van der Waals surface area contributed by atoms with Gasteiger partial charge in [-0.15, -0.1) is 0 Å². The predicted octanol–water partition coefficient (Wildman–Crippen LogP) is 4.05. The minimum absolute atomic E-state index is 0.0724. The van der Waals surface area contributed by atoms with Crippen LogP contribution in [0.5, 0.6) is 0 Å². The van der Waals surface area contributed by atoms with Gasteiger partial charge in [0.25, 0.3) is 0 Å². The number of hydrogen-bond acceptors (Lipinski definition) is 5. The normalized spacial score (nSPS) is 30.8. The molecule has 1 aromatic rings. The Morgan fingerprint density at radius 3 is 2.29 bits per heavy atom. The first kappa shape index (κ1) is 21.8. The van der Waals surface area contributed by atoms with E-state index in [2.05, 4.69) is 20.8 Å². The highest BCUT2D eigenvalue weighted by atomic mass is 32.2. The van der Waals surface area contributed by atoms with Crippen molar-refractivity contribution in [2.24, 2.45) is 0 Å². The van der Waals surface area contributed by atoms with E-state index < -0.39 is 43.2 Å². The molecule has 156 valence electrons. The highest BCUT2D eigenvalue weighted by Crippen LogP contribution is 2.40. The van der Waals surface area contributed by atoms with E-state index in [1.165, 1.54) is 0 Å². The van der Waals surface area contributed by atoms with Crippen LogP contribution in [-0.4, -0.2) is 47.7 Å². The SMILES string of the molecule is CC[Si](CC)(CC)O[C@H]1[C@H]2OC(C)(C)O[C@@H](C[C@@H]1S(=O)c1ccccc1)C2=O. The number of Topliss-reactive ketones (excluding diaryl/α,β-unsaturated/α-hetero) is 1. The first-order chi connectivity index (χ1) is 13.3. The van der Waals surface area contributed by atoms with Gasteiger partial charge in [0.05, 0.1) is 22.2 Å². The Morgan fingerprint density at radius 2 is 1.71 bits per heavy atom. The number of ether oxygens (including phenoxy) is 2. The van der Waals surface area contributed by atoms with Gasteiger partial charge >= 0.3 is 0 Å². The molecule has 5 nitrogen and oxygen atoms in total. The van der Waals surface area contributed by atoms with Crippen LogP contribution in [0.2, 0.25) is 18.1 Å². The van der Waals surface area contributed by atoms with Crippen LogP contribution in [-0.2, 0) is 29.5 Å². The monoisotopic (exact) mass is 424 g/mol. The molecular weight excluding hydrogens is 392 g/mol. The van der Waals surface area contributed by atoms with Gasteiger partial charge in [-0.3, -0.25) is 9.00 Å². The largest absolute Gasteiger partial charge is 0.410 e. The zero-order chi connectivity index (χ0) is 20.5. The average Bonchev–Trinajstić information content (AvgIpc) is 2.69. The molecule has 5 atom stereocenters. The number of carbonyl (C=O) groups is 1. The molecule has 7 heteroatoms. The molecule has 28 heavy (non-hydrogen) atoms. The smallest absolute Gasteiger partial charge is 0.193 e. The molecule has 0 radical (unpaired) electrons. The molecule has 1 saturated heterocycles. The summed E-state index contributed by atoms with van der Waals surface area (Å²) in [6.45, 7) is 10.1. The molecule has 2 bridgehead atoms. The molecule has 1 saturated carbocycles. The van der Waals surface area contributed by atoms with Gasteiger partial charge in [0.1, 0.15) is 12.2 Å². The van der Waals surface area contributed by atoms with Gasteiger partial charge in [-0.05, 0) is 50.5 Å². The van der Waals surface area contributed by atoms with Gasteiger partial charge in [-0.1, -0.05) is 39.0 Å². The zero-order valence-corrected chi connectivity index (χ0v) is 19.3. The fourth-order valence-corrected chi connectivity index (χ4v) is 8.80. The Kier molecular flexibility index (Phi) is 6.61. The Hall–Kier alpha value is -0.863. The number of ketones is 1. The summed E-state index contributed by atoms with van der Waals surface area (Å²) in [7, 11) is -3.34. The third-order valence-corrected chi connectivity index (χ3v) is 12.5. The van der Waals surface area contributed by atoms with Crippen LogP contribution < -0.4 is 0 Å². The summed E-state index contributed by atoms with van der Waals surface area (Å²) >= 11 is 0. The van der Waals surface area contributed by atoms with Crippen molar-refractivity contribution in [1.82, 2.24) is 0 Å². The van der Waals surface area contributed by atoms with Gasteiger partial charge in [0, 0.05) is 4.90 Å². The van der Waals surface area contributed by atoms with Crippen LogP contribution in [0, 0.1) is 0 Å². The molecular formula is C21H32O5SSi. The summed E-state index contributed by atoms with van der Waals surface area (Å²) in [6, 6.07) is 12.3. The van der Waals surface area contributed by atoms with Crippen molar-refractivity contribution in [3.63, 3.8) is 0 Å². The maximum atomic E-state index is 13.5. The summed E-state index contributed by atoms with van der Waals surface area (Å²) in [5, 5.41) is -0.331. The zero-order valence-electron chi connectivity index (χ0n) is 17.5. The van der Waals surface area contributed by atoms with E-state index >= 15 is 0 Å². The van der Waals surface area contributed by atoms with Gasteiger partial charge in [-0.25, -0.2) is 0 Å². The summed E-state index contributed by atoms with van der Waals surface area (Å²) in [4.78, 5) is 13.7. The summed E-state index contributed by atoms with van der Waals surface area (Å²) in [6.07, 6.45) is -1.42. The summed E-state index contributed by atoms with van der Waals surface area (Å²) in [5.41, 5.74) is 0. The second-order valence-electron chi connectivity index (χ2n) is 8.16. The van der Waals surface area contributed by atoms with Gasteiger partial charge in [0.15, 0.2) is 19.9 Å². The second-order valence-corrected chi connectivity index (χ2v) is 14.6. The van der Waals surface area contributed by atoms with Crippen molar-refractivity contribution >= 4 is 24.9 Å². The standard InChI is InChI=1S/C21H32O5SSi/c1-6-28(7-2,8-3)26-19-17(27(23)15-12-10-9-11-13-15)14-16-18(22)20(19)25-21(4,5)24-16/h9-13,16-17,19-20H,6-8,14H2,1-5H3/t16-,17-,19+,20-,27?/m0/s1. The lowest BCUT2D eigenvalue weighted by Gasteiger charge is -2.50. The first-order valence-electron chi connectivity index (χ1n) is 10.3. The highest BCUT2D eigenvalue weighted by Gasteiger charge is 2.56. The molecule has 1 aromatic carbocycles. The van der Waals surface area contributed by atoms with E-state index in [0.717, 1.165) is 23.0 Å². The summed E-state index contributed by atoms with van der Waals surface area (Å²) < 4.78 is 32.2. The van der Waals surface area contributed by atoms with Crippen LogP contribution in [0.25, 0.3) is 0 Å². The van der Waals surface area contributed by atoms with Crippen molar-refractivity contribution in [2.75, 3.05) is 0 Å². The Morgan fingerprint density at radius 1 is 1.11 bits per heavy atom. The van der Waals surface area contributed by atoms with E-state index in [1.807, 2.05) is 44.2 Å². The number of fused-ring (bicyclic) bond motifs is 2. The van der Waals surface area contributed by atoms with E-state index in [1.54, 1.807) is 0 Å². The molecule has 2 fully saturated rings. The van der Waals surface area contributed by atoms with Crippen LogP contribution in [0.4, 0.5) is 0 Å². The average molecular weight is 425 g/mol. The summed E-state index contributed by atoms with van der Waals surface area (Å²) in [5.74, 6) is -0.921. The van der Waals surface area contributed by atoms with Crippen LogP contribution in [0.3, 0.4) is 0 Å². The fourth-order valence-electron chi connectivity index (χ4n) is 4.27. The molecule has 0 amide bonds. The molecule has 0 spiro atoms. The molecule has 3 rings (SSSR count). The molecule has 2 aliphatic rings. The topological polar surface area (TPSA) is 61.8 Å². The minimum atomic E-state index is -2.03. The van der Waals surface area contributed by atoms with Crippen molar-refractivity contribution in [1.29, 1.82) is 0 Å². The lowest BCUT2D eigenvalue weighted by atomic mass is 9.88. The minimum Gasteiger partial charge on any atom is -0.410 e. The van der Waals surface area contributed by atoms with Gasteiger partial charge < -0.3 is 13.9 Å². The second kappa shape index (κ2) is 8.48. The number of hydrogen-bond donors (Lipinski definition) is 0. The van der Waals surface area contributed by atoms with Crippen LogP contribution in [0.1, 0.15) is 41.0 Å². The lowest BCUT2D eigenvalue weighted by molar-refractivity contribution is -0.299. The molecule has 1 heterocycles. The van der Waals surface area contributed by atoms with E-state index in [9.17, 15) is 9.00 Å². The Labute approximate surface area is 171 Å². The van der Waals surface area contributed by atoms with E-state index in [-0.39, 0.29) is 11.0 Å². The Balaban J connectivity index is 1.99. The molecule has 0 N–H and O–H groups in total. The van der Waals surface area contributed by atoms with Crippen molar-refractivity contribution in [3.8, 4) is 0 Å². The lowest BCUT2D eigenvalue weighted by Crippen LogP contribution is -2.66. The number of rotatable bonds is 7. The highest BCUT2D eigenvalue weighted by molar-refractivity contribution is 7.85. The van der Waals surface area contributed by atoms with Crippen molar-refractivity contribution in [2.45, 2.75) is 93.4 Å². The van der Waals surface area contributed by atoms with Gasteiger partial charge in [-0.2, -0.15) is 0 Å². The molecule has 1 unspecified atom stereocenters. The van der Waals surface area contributed by atoms with E-state index in [4.69, 9.17) is 13.9 Å². The first-order valence-corrected chi connectivity index (χ1v) is 14.0. The van der Waals surface area contributed by atoms with Crippen LogP contribution >= 0.6 is 0 Å². The van der Waals surface area contributed by atoms with Crippen LogP contribution in [0.15, 0.2) is 35.2 Å². The quantitative estimate of drug-likeness (QED) is 0.618. The fraction of sp³-hybridized carbons (Fsp3) is 0.667. The Bertz CT molecular complexity index is 711. The van der Waals surface area contributed by atoms with Crippen molar-refractivity contribution < 1.29 is 22.9 Å². The van der Waals surface area contributed by atoms with E-state index in [0.29, 0.717) is 6.42 Å². The third-order valence-electron chi connectivity index (χ3n) is 6.12. The number of benzene rings is 1. The van der Waals surface area contributed by atoms with Gasteiger partial charge in [0.2, 0.25) is 0 Å². The maximum absolute atomic E-state index is 13.5. The molecule has 0 aromatic heterocycles. The third kappa shape index (κ3) is 4.19. The molecule has 1 aliphatic heterocycles.